The van der Waals surface area contributed by atoms with Gasteiger partial charge in [-0.25, -0.2) is 0 Å². The van der Waals surface area contributed by atoms with Gasteiger partial charge in [0.2, 0.25) is 0 Å². The van der Waals surface area contributed by atoms with Crippen molar-refractivity contribution in [2.24, 2.45) is 5.92 Å². The van der Waals surface area contributed by atoms with Gasteiger partial charge in [0.05, 0.1) is 4.92 Å². The van der Waals surface area contributed by atoms with E-state index in [0.717, 1.165) is 26.2 Å². The second-order valence-corrected chi connectivity index (χ2v) is 6.45. The summed E-state index contributed by atoms with van der Waals surface area (Å²) >= 11 is 1.36. The van der Waals surface area contributed by atoms with Crippen LogP contribution in [0.4, 0.5) is 5.00 Å². The highest BCUT2D eigenvalue weighted by Crippen LogP contribution is 2.44. The van der Waals surface area contributed by atoms with E-state index in [2.05, 4.69) is 10.2 Å². The van der Waals surface area contributed by atoms with E-state index in [0.29, 0.717) is 12.0 Å². The summed E-state index contributed by atoms with van der Waals surface area (Å²) in [6.07, 6.45) is 3.83. The standard InChI is InChI=1S/C13H19N3O2S/c17-16(18)12-5-4-11(19-12)13(10-2-1-3-10)15-8-6-14-7-9-15/h4-5,10,13-14H,1-3,6-9H2/t13-/m1/s1. The summed E-state index contributed by atoms with van der Waals surface area (Å²) in [5.41, 5.74) is 0. The summed E-state index contributed by atoms with van der Waals surface area (Å²) in [6.45, 7) is 4.15. The van der Waals surface area contributed by atoms with Crippen LogP contribution in [0, 0.1) is 16.0 Å². The summed E-state index contributed by atoms with van der Waals surface area (Å²) in [4.78, 5) is 14.3. The van der Waals surface area contributed by atoms with Gasteiger partial charge >= 0.3 is 5.00 Å². The van der Waals surface area contributed by atoms with Gasteiger partial charge in [-0.1, -0.05) is 17.8 Å². The molecule has 6 heteroatoms. The van der Waals surface area contributed by atoms with E-state index < -0.39 is 0 Å². The number of piperazine rings is 1. The van der Waals surface area contributed by atoms with Crippen molar-refractivity contribution in [3.63, 3.8) is 0 Å². The predicted octanol–water partition coefficient (Wildman–Crippen LogP) is 2.40. The molecule has 2 heterocycles. The maximum absolute atomic E-state index is 10.9. The number of thiophene rings is 1. The fraction of sp³-hybridized carbons (Fsp3) is 0.692. The van der Waals surface area contributed by atoms with Crippen molar-refractivity contribution in [3.8, 4) is 0 Å². The third-order valence-corrected chi connectivity index (χ3v) is 5.33. The molecule has 0 radical (unpaired) electrons. The Balaban J connectivity index is 1.82. The van der Waals surface area contributed by atoms with Gasteiger partial charge in [-0.2, -0.15) is 0 Å². The maximum Gasteiger partial charge on any atom is 0.324 e. The van der Waals surface area contributed by atoms with Crippen molar-refractivity contribution in [1.29, 1.82) is 0 Å². The zero-order chi connectivity index (χ0) is 13.2. The average molecular weight is 281 g/mol. The Morgan fingerprint density at radius 2 is 2.11 bits per heavy atom. The number of hydrogen-bond acceptors (Lipinski definition) is 5. The molecular weight excluding hydrogens is 262 g/mol. The molecule has 1 aromatic rings. The summed E-state index contributed by atoms with van der Waals surface area (Å²) in [6, 6.07) is 4.02. The fourth-order valence-electron chi connectivity index (χ4n) is 3.03. The number of nitro groups is 1. The Morgan fingerprint density at radius 1 is 1.37 bits per heavy atom. The molecule has 1 aromatic heterocycles. The van der Waals surface area contributed by atoms with Crippen LogP contribution in [0.1, 0.15) is 30.2 Å². The average Bonchev–Trinajstić information content (AvgIpc) is 2.84. The second kappa shape index (κ2) is 5.56. The third-order valence-electron chi connectivity index (χ3n) is 4.23. The Bertz CT molecular complexity index is 452. The zero-order valence-corrected chi connectivity index (χ0v) is 11.7. The van der Waals surface area contributed by atoms with Crippen LogP contribution in [-0.4, -0.2) is 36.0 Å². The highest BCUT2D eigenvalue weighted by molar-refractivity contribution is 7.15. The first kappa shape index (κ1) is 13.0. The smallest absolute Gasteiger partial charge is 0.314 e. The molecule has 5 nitrogen and oxygen atoms in total. The van der Waals surface area contributed by atoms with Gasteiger partial charge in [-0.05, 0) is 24.8 Å². The van der Waals surface area contributed by atoms with E-state index in [1.54, 1.807) is 6.07 Å². The van der Waals surface area contributed by atoms with Gasteiger partial charge in [0.1, 0.15) is 0 Å². The lowest BCUT2D eigenvalue weighted by Crippen LogP contribution is -2.47. The Morgan fingerprint density at radius 3 is 2.63 bits per heavy atom. The van der Waals surface area contributed by atoms with Gasteiger partial charge < -0.3 is 5.32 Å². The Labute approximate surface area is 116 Å². The van der Waals surface area contributed by atoms with Crippen molar-refractivity contribution < 1.29 is 4.92 Å². The molecule has 1 atom stereocenters. The molecule has 0 unspecified atom stereocenters. The van der Waals surface area contributed by atoms with E-state index in [4.69, 9.17) is 0 Å². The quantitative estimate of drug-likeness (QED) is 0.680. The second-order valence-electron chi connectivity index (χ2n) is 5.35. The highest BCUT2D eigenvalue weighted by Gasteiger charge is 2.35. The van der Waals surface area contributed by atoms with Gasteiger partial charge in [0, 0.05) is 43.2 Å². The molecule has 0 spiro atoms. The SMILES string of the molecule is O=[N+]([O-])c1ccc([C@@H](C2CCC2)N2CCNCC2)s1. The van der Waals surface area contributed by atoms with Crippen molar-refractivity contribution >= 4 is 16.3 Å². The topological polar surface area (TPSA) is 58.4 Å². The van der Waals surface area contributed by atoms with Crippen LogP contribution in [0.25, 0.3) is 0 Å². The molecule has 0 amide bonds. The van der Waals surface area contributed by atoms with Crippen LogP contribution in [0.5, 0.6) is 0 Å². The fourth-order valence-corrected chi connectivity index (χ4v) is 4.08. The lowest BCUT2D eigenvalue weighted by molar-refractivity contribution is -0.380. The van der Waals surface area contributed by atoms with E-state index in [9.17, 15) is 10.1 Å². The Hall–Kier alpha value is -0.980. The van der Waals surface area contributed by atoms with Crippen molar-refractivity contribution in [2.75, 3.05) is 26.2 Å². The van der Waals surface area contributed by atoms with Crippen LogP contribution in [-0.2, 0) is 0 Å². The number of nitrogens with one attached hydrogen (secondary N) is 1. The number of nitrogens with zero attached hydrogens (tertiary/aromatic N) is 2. The maximum atomic E-state index is 10.9. The van der Waals surface area contributed by atoms with Gasteiger partial charge in [-0.15, -0.1) is 0 Å². The molecule has 2 aliphatic rings. The van der Waals surface area contributed by atoms with Crippen LogP contribution in [0.2, 0.25) is 0 Å². The van der Waals surface area contributed by atoms with Crippen molar-refractivity contribution in [3.05, 3.63) is 27.1 Å². The van der Waals surface area contributed by atoms with Crippen LogP contribution in [0.3, 0.4) is 0 Å². The molecule has 3 rings (SSSR count). The van der Waals surface area contributed by atoms with Gasteiger partial charge in [0.25, 0.3) is 0 Å². The van der Waals surface area contributed by atoms with Gasteiger partial charge in [0.15, 0.2) is 0 Å². The van der Waals surface area contributed by atoms with Crippen molar-refractivity contribution in [1.82, 2.24) is 10.2 Å². The van der Waals surface area contributed by atoms with Crippen molar-refractivity contribution in [2.45, 2.75) is 25.3 Å². The van der Waals surface area contributed by atoms with Gasteiger partial charge in [-0.3, -0.25) is 15.0 Å². The van der Waals surface area contributed by atoms with E-state index in [1.165, 1.54) is 35.5 Å². The lowest BCUT2D eigenvalue weighted by atomic mass is 9.78. The minimum absolute atomic E-state index is 0.273. The third kappa shape index (κ3) is 2.66. The molecule has 1 aliphatic carbocycles. The first-order valence-electron chi connectivity index (χ1n) is 6.94. The van der Waals surface area contributed by atoms with Crippen LogP contribution < -0.4 is 5.32 Å². The molecule has 1 saturated heterocycles. The monoisotopic (exact) mass is 281 g/mol. The molecule has 104 valence electrons. The van der Waals surface area contributed by atoms with E-state index in [-0.39, 0.29) is 9.92 Å². The number of hydrogen-bond donors (Lipinski definition) is 1. The molecule has 1 aliphatic heterocycles. The molecular formula is C13H19N3O2S. The number of rotatable bonds is 4. The molecule has 1 saturated carbocycles. The Kier molecular flexibility index (Phi) is 3.81. The molecule has 1 N–H and O–H groups in total. The molecule has 19 heavy (non-hydrogen) atoms. The minimum Gasteiger partial charge on any atom is -0.314 e. The molecule has 0 aromatic carbocycles. The first-order valence-corrected chi connectivity index (χ1v) is 7.76. The summed E-state index contributed by atoms with van der Waals surface area (Å²) in [7, 11) is 0. The predicted molar refractivity (Wildman–Crippen MR) is 75.5 cm³/mol. The highest BCUT2D eigenvalue weighted by atomic mass is 32.1. The molecule has 0 bridgehead atoms. The molecule has 2 fully saturated rings. The summed E-state index contributed by atoms with van der Waals surface area (Å²) in [5.74, 6) is 0.691. The minimum atomic E-state index is -0.274. The lowest BCUT2D eigenvalue weighted by Gasteiger charge is -2.42. The van der Waals surface area contributed by atoms with E-state index in [1.807, 2.05) is 6.07 Å². The summed E-state index contributed by atoms with van der Waals surface area (Å²) in [5, 5.41) is 14.5. The zero-order valence-electron chi connectivity index (χ0n) is 10.9. The largest absolute Gasteiger partial charge is 0.324 e. The normalized spacial score (nSPS) is 22.9. The van der Waals surface area contributed by atoms with Crippen LogP contribution >= 0.6 is 11.3 Å². The summed E-state index contributed by atoms with van der Waals surface area (Å²) < 4.78 is 0. The van der Waals surface area contributed by atoms with Crippen LogP contribution in [0.15, 0.2) is 12.1 Å². The first-order chi connectivity index (χ1) is 9.25. The van der Waals surface area contributed by atoms with E-state index >= 15 is 0 Å².